The van der Waals surface area contributed by atoms with Gasteiger partial charge in [-0.25, -0.2) is 9.97 Å². The van der Waals surface area contributed by atoms with Crippen molar-refractivity contribution in [2.75, 3.05) is 17.2 Å². The van der Waals surface area contributed by atoms with E-state index in [1.165, 1.54) is 6.07 Å². The number of amides is 1. The molecule has 23 heavy (non-hydrogen) atoms. The molecule has 1 amide bonds. The van der Waals surface area contributed by atoms with Gasteiger partial charge in [-0.2, -0.15) is 13.2 Å². The summed E-state index contributed by atoms with van der Waals surface area (Å²) in [7, 11) is 0. The molecule has 0 spiro atoms. The predicted molar refractivity (Wildman–Crippen MR) is 79.9 cm³/mol. The maximum Gasteiger partial charge on any atom is 0.417 e. The van der Waals surface area contributed by atoms with E-state index in [0.717, 1.165) is 17.8 Å². The van der Waals surface area contributed by atoms with Crippen LogP contribution in [-0.2, 0) is 11.0 Å². The first-order chi connectivity index (χ1) is 10.8. The molecule has 0 fully saturated rings. The van der Waals surface area contributed by atoms with Gasteiger partial charge in [0, 0.05) is 25.4 Å². The van der Waals surface area contributed by atoms with E-state index in [4.69, 9.17) is 0 Å². The molecular formula is C15H15F3N4O. The van der Waals surface area contributed by atoms with E-state index in [-0.39, 0.29) is 24.7 Å². The summed E-state index contributed by atoms with van der Waals surface area (Å²) >= 11 is 0. The van der Waals surface area contributed by atoms with Gasteiger partial charge in [0.25, 0.3) is 0 Å². The van der Waals surface area contributed by atoms with Gasteiger partial charge in [-0.05, 0) is 30.7 Å². The highest BCUT2D eigenvalue weighted by Gasteiger charge is 2.30. The first-order valence-corrected chi connectivity index (χ1v) is 6.84. The number of hydrogen-bond acceptors (Lipinski definition) is 4. The molecule has 0 aliphatic heterocycles. The smallest absolute Gasteiger partial charge is 0.370 e. The van der Waals surface area contributed by atoms with E-state index < -0.39 is 11.7 Å². The minimum absolute atomic E-state index is 0.137. The summed E-state index contributed by atoms with van der Waals surface area (Å²) in [5, 5.41) is 5.41. The summed E-state index contributed by atoms with van der Waals surface area (Å²) in [4.78, 5) is 19.4. The minimum atomic E-state index is -4.41. The second-order valence-corrected chi connectivity index (χ2v) is 4.88. The highest BCUT2D eigenvalue weighted by atomic mass is 19.4. The number of hydrogen-bond donors (Lipinski definition) is 2. The lowest BCUT2D eigenvalue weighted by molar-refractivity contribution is -0.137. The van der Waals surface area contributed by atoms with E-state index in [9.17, 15) is 18.0 Å². The number of nitrogens with zero attached hydrogens (tertiary/aromatic N) is 2. The number of carbonyl (C=O) groups excluding carboxylic acids is 1. The Bertz CT molecular complexity index is 654. The van der Waals surface area contributed by atoms with Crippen LogP contribution in [0, 0.1) is 6.92 Å². The van der Waals surface area contributed by atoms with E-state index >= 15 is 0 Å². The molecule has 2 aromatic rings. The number of nitrogens with one attached hydrogen (secondary N) is 2. The Balaban J connectivity index is 1.78. The third kappa shape index (κ3) is 5.24. The average molecular weight is 324 g/mol. The summed E-state index contributed by atoms with van der Waals surface area (Å²) in [6, 6.07) is 5.68. The third-order valence-corrected chi connectivity index (χ3v) is 2.93. The van der Waals surface area contributed by atoms with Crippen LogP contribution >= 0.6 is 0 Å². The fraction of sp³-hybridized carbons (Fsp3) is 0.267. The van der Waals surface area contributed by atoms with Crippen molar-refractivity contribution in [2.45, 2.75) is 19.5 Å². The van der Waals surface area contributed by atoms with Crippen molar-refractivity contribution in [1.29, 1.82) is 0 Å². The number of rotatable bonds is 5. The lowest BCUT2D eigenvalue weighted by atomic mass is 10.3. The summed E-state index contributed by atoms with van der Waals surface area (Å²) in [6.07, 6.45) is -1.89. The van der Waals surface area contributed by atoms with Crippen molar-refractivity contribution in [3.05, 3.63) is 47.8 Å². The Morgan fingerprint density at radius 3 is 2.35 bits per heavy atom. The van der Waals surface area contributed by atoms with Crippen molar-refractivity contribution < 1.29 is 18.0 Å². The Labute approximate surface area is 131 Å². The van der Waals surface area contributed by atoms with Gasteiger partial charge < -0.3 is 10.6 Å². The molecule has 0 saturated heterocycles. The fourth-order valence-corrected chi connectivity index (χ4v) is 1.72. The lowest BCUT2D eigenvalue weighted by Gasteiger charge is -2.09. The van der Waals surface area contributed by atoms with Gasteiger partial charge in [0.05, 0.1) is 5.56 Å². The highest BCUT2D eigenvalue weighted by molar-refractivity contribution is 5.89. The lowest BCUT2D eigenvalue weighted by Crippen LogP contribution is -2.17. The molecule has 5 nitrogen and oxygen atoms in total. The standard InChI is InChI=1S/C15H15F3N4O/c1-10-2-4-13(20-8-10)22-14(23)6-7-19-12-5-3-11(9-21-12)15(16,17)18/h2-5,8-9H,6-7H2,1H3,(H,19,21)(H,20,22,23). The molecule has 0 atom stereocenters. The molecule has 0 aliphatic rings. The molecule has 0 aromatic carbocycles. The molecule has 8 heteroatoms. The Morgan fingerprint density at radius 2 is 1.78 bits per heavy atom. The van der Waals surface area contributed by atoms with Gasteiger partial charge in [-0.15, -0.1) is 0 Å². The van der Waals surface area contributed by atoms with Crippen LogP contribution in [0.5, 0.6) is 0 Å². The van der Waals surface area contributed by atoms with Gasteiger partial charge in [0.15, 0.2) is 0 Å². The normalized spacial score (nSPS) is 11.1. The second-order valence-electron chi connectivity index (χ2n) is 4.88. The molecule has 0 aliphatic carbocycles. The maximum atomic E-state index is 12.4. The second kappa shape index (κ2) is 7.08. The zero-order valence-electron chi connectivity index (χ0n) is 12.3. The number of carbonyl (C=O) groups is 1. The van der Waals surface area contributed by atoms with Gasteiger partial charge in [-0.1, -0.05) is 6.07 Å². The molecule has 0 bridgehead atoms. The van der Waals surface area contributed by atoms with Gasteiger partial charge in [-0.3, -0.25) is 4.79 Å². The van der Waals surface area contributed by atoms with E-state index in [1.54, 1.807) is 12.3 Å². The van der Waals surface area contributed by atoms with Crippen LogP contribution in [0.1, 0.15) is 17.5 Å². The third-order valence-electron chi connectivity index (χ3n) is 2.93. The van der Waals surface area contributed by atoms with Gasteiger partial charge in [0.2, 0.25) is 5.91 Å². The number of halogens is 3. The minimum Gasteiger partial charge on any atom is -0.370 e. The molecule has 2 rings (SSSR count). The first-order valence-electron chi connectivity index (χ1n) is 6.84. The van der Waals surface area contributed by atoms with Crippen molar-refractivity contribution in [3.63, 3.8) is 0 Å². The van der Waals surface area contributed by atoms with E-state index in [2.05, 4.69) is 20.6 Å². The maximum absolute atomic E-state index is 12.4. The summed E-state index contributed by atoms with van der Waals surface area (Å²) in [5.74, 6) is 0.480. The van der Waals surface area contributed by atoms with Crippen LogP contribution in [0.15, 0.2) is 36.7 Å². The van der Waals surface area contributed by atoms with Crippen LogP contribution < -0.4 is 10.6 Å². The molecular weight excluding hydrogens is 309 g/mol. The van der Waals surface area contributed by atoms with Crippen molar-refractivity contribution in [3.8, 4) is 0 Å². The molecule has 0 radical (unpaired) electrons. The number of aryl methyl sites for hydroxylation is 1. The predicted octanol–water partition coefficient (Wildman–Crippen LogP) is 3.24. The van der Waals surface area contributed by atoms with Gasteiger partial charge in [0.1, 0.15) is 11.6 Å². The van der Waals surface area contributed by atoms with Crippen LogP contribution in [0.25, 0.3) is 0 Å². The topological polar surface area (TPSA) is 66.9 Å². The number of alkyl halides is 3. The van der Waals surface area contributed by atoms with E-state index in [0.29, 0.717) is 5.82 Å². The number of anilines is 2. The van der Waals surface area contributed by atoms with Crippen molar-refractivity contribution in [1.82, 2.24) is 9.97 Å². The fourth-order valence-electron chi connectivity index (χ4n) is 1.72. The SMILES string of the molecule is Cc1ccc(NC(=O)CCNc2ccc(C(F)(F)F)cn2)nc1. The largest absolute Gasteiger partial charge is 0.417 e. The van der Waals surface area contributed by atoms with Crippen molar-refractivity contribution in [2.24, 2.45) is 0 Å². The summed E-state index contributed by atoms with van der Waals surface area (Å²) in [5.41, 5.74) is 0.171. The highest BCUT2D eigenvalue weighted by Crippen LogP contribution is 2.28. The molecule has 122 valence electrons. The Morgan fingerprint density at radius 1 is 1.09 bits per heavy atom. The van der Waals surface area contributed by atoms with Crippen LogP contribution in [0.3, 0.4) is 0 Å². The average Bonchev–Trinajstić information content (AvgIpc) is 2.49. The monoisotopic (exact) mass is 324 g/mol. The molecule has 2 N–H and O–H groups in total. The van der Waals surface area contributed by atoms with Crippen LogP contribution in [-0.4, -0.2) is 22.4 Å². The van der Waals surface area contributed by atoms with Crippen LogP contribution in [0.4, 0.5) is 24.8 Å². The quantitative estimate of drug-likeness (QED) is 0.886. The zero-order valence-corrected chi connectivity index (χ0v) is 12.3. The summed E-state index contributed by atoms with van der Waals surface area (Å²) in [6.45, 7) is 2.13. The molecule has 2 heterocycles. The van der Waals surface area contributed by atoms with Gasteiger partial charge >= 0.3 is 6.18 Å². The van der Waals surface area contributed by atoms with E-state index in [1.807, 2.05) is 13.0 Å². The first kappa shape index (κ1) is 16.7. The molecule has 0 unspecified atom stereocenters. The number of aromatic nitrogens is 2. The molecule has 0 saturated carbocycles. The molecule has 2 aromatic heterocycles. The zero-order chi connectivity index (χ0) is 16.9. The number of pyridine rings is 2. The summed E-state index contributed by atoms with van der Waals surface area (Å²) < 4.78 is 37.2. The van der Waals surface area contributed by atoms with Crippen LogP contribution in [0.2, 0.25) is 0 Å². The van der Waals surface area contributed by atoms with Crippen molar-refractivity contribution >= 4 is 17.5 Å². The Hall–Kier alpha value is -2.64. The Kier molecular flexibility index (Phi) is 5.15.